The van der Waals surface area contributed by atoms with Gasteiger partial charge in [-0.25, -0.2) is 0 Å². The van der Waals surface area contributed by atoms with Gasteiger partial charge < -0.3 is 10.2 Å². The fraction of sp³-hybridized carbons (Fsp3) is 0.538. The minimum absolute atomic E-state index is 0.597. The van der Waals surface area contributed by atoms with Gasteiger partial charge in [-0.2, -0.15) is 0 Å². The average molecular weight is 318 g/mol. The molecule has 1 aromatic rings. The van der Waals surface area contributed by atoms with E-state index in [9.17, 15) is 0 Å². The Morgan fingerprint density at radius 1 is 1.53 bits per heavy atom. The van der Waals surface area contributed by atoms with Gasteiger partial charge in [-0.3, -0.25) is 0 Å². The van der Waals surface area contributed by atoms with E-state index in [1.54, 1.807) is 0 Å². The van der Waals surface area contributed by atoms with E-state index >= 15 is 0 Å². The molecule has 1 unspecified atom stereocenters. The summed E-state index contributed by atoms with van der Waals surface area (Å²) in [7, 11) is 0. The maximum absolute atomic E-state index is 6.07. The summed E-state index contributed by atoms with van der Waals surface area (Å²) in [5.74, 6) is 0. The first-order chi connectivity index (χ1) is 8.20. The average Bonchev–Trinajstić information content (AvgIpc) is 2.33. The number of likely N-dealkylation sites (N-methyl/N-ethyl adjacent to an activating group) is 1. The lowest BCUT2D eigenvalue weighted by Gasteiger charge is -2.35. The van der Waals surface area contributed by atoms with Crippen LogP contribution in [0.15, 0.2) is 22.7 Å². The van der Waals surface area contributed by atoms with E-state index in [1.807, 2.05) is 18.2 Å². The second kappa shape index (κ2) is 6.07. The van der Waals surface area contributed by atoms with E-state index < -0.39 is 0 Å². The van der Waals surface area contributed by atoms with Crippen LogP contribution in [0, 0.1) is 0 Å². The van der Waals surface area contributed by atoms with E-state index in [-0.39, 0.29) is 0 Å². The fourth-order valence-electron chi connectivity index (χ4n) is 2.38. The molecule has 0 aliphatic carbocycles. The zero-order chi connectivity index (χ0) is 12.3. The fourth-order valence-corrected chi connectivity index (χ4v) is 3.04. The Hall–Kier alpha value is -0.250. The first-order valence-electron chi connectivity index (χ1n) is 6.14. The summed E-state index contributed by atoms with van der Waals surface area (Å²) < 4.78 is 1.12. The molecule has 4 heteroatoms. The largest absolute Gasteiger partial charge is 0.369 e. The predicted octanol–water partition coefficient (Wildman–Crippen LogP) is 3.68. The van der Waals surface area contributed by atoms with Crippen molar-refractivity contribution in [2.75, 3.05) is 24.5 Å². The van der Waals surface area contributed by atoms with Gasteiger partial charge in [0.15, 0.2) is 0 Å². The van der Waals surface area contributed by atoms with Gasteiger partial charge in [0.2, 0.25) is 0 Å². The van der Waals surface area contributed by atoms with E-state index in [0.717, 1.165) is 29.1 Å². The molecule has 1 aromatic carbocycles. The van der Waals surface area contributed by atoms with Crippen molar-refractivity contribution >= 4 is 33.2 Å². The van der Waals surface area contributed by atoms with Crippen LogP contribution in [0.25, 0.3) is 0 Å². The van der Waals surface area contributed by atoms with Crippen LogP contribution in [0.2, 0.25) is 5.02 Å². The van der Waals surface area contributed by atoms with Crippen molar-refractivity contribution in [1.82, 2.24) is 5.32 Å². The smallest absolute Gasteiger partial charge is 0.0526 e. The molecule has 0 spiro atoms. The normalized spacial score (nSPS) is 20.6. The molecule has 94 valence electrons. The summed E-state index contributed by atoms with van der Waals surface area (Å²) in [5, 5.41) is 4.33. The van der Waals surface area contributed by atoms with E-state index in [0.29, 0.717) is 6.04 Å². The van der Waals surface area contributed by atoms with Crippen molar-refractivity contribution in [3.8, 4) is 0 Å². The molecule has 1 N–H and O–H groups in total. The quantitative estimate of drug-likeness (QED) is 0.915. The summed E-state index contributed by atoms with van der Waals surface area (Å²) in [5.41, 5.74) is 1.21. The molecule has 2 rings (SSSR count). The predicted molar refractivity (Wildman–Crippen MR) is 78.1 cm³/mol. The van der Waals surface area contributed by atoms with Crippen molar-refractivity contribution < 1.29 is 0 Å². The molecule has 1 atom stereocenters. The number of nitrogens with one attached hydrogen (secondary N) is 1. The third-order valence-corrected chi connectivity index (χ3v) is 4.07. The van der Waals surface area contributed by atoms with E-state index in [2.05, 4.69) is 33.1 Å². The first-order valence-corrected chi connectivity index (χ1v) is 7.31. The lowest BCUT2D eigenvalue weighted by Crippen LogP contribution is -2.45. The molecule has 1 fully saturated rings. The number of piperidine rings is 1. The highest BCUT2D eigenvalue weighted by molar-refractivity contribution is 9.10. The highest BCUT2D eigenvalue weighted by Crippen LogP contribution is 2.31. The summed E-state index contributed by atoms with van der Waals surface area (Å²) in [6, 6.07) is 6.58. The van der Waals surface area contributed by atoms with Gasteiger partial charge in [-0.1, -0.05) is 18.5 Å². The SMILES string of the molecule is CCNC1CCCN(c2cc(Cl)ccc2Br)C1. The maximum Gasteiger partial charge on any atom is 0.0526 e. The molecule has 0 amide bonds. The van der Waals surface area contributed by atoms with Gasteiger partial charge in [-0.15, -0.1) is 0 Å². The Labute approximate surface area is 116 Å². The highest BCUT2D eigenvalue weighted by Gasteiger charge is 2.20. The Morgan fingerprint density at radius 2 is 2.35 bits per heavy atom. The monoisotopic (exact) mass is 316 g/mol. The number of rotatable bonds is 3. The molecular weight excluding hydrogens is 300 g/mol. The van der Waals surface area contributed by atoms with Crippen molar-refractivity contribution in [3.63, 3.8) is 0 Å². The third kappa shape index (κ3) is 3.36. The maximum atomic E-state index is 6.07. The van der Waals surface area contributed by atoms with Crippen molar-refractivity contribution in [2.24, 2.45) is 0 Å². The summed E-state index contributed by atoms with van der Waals surface area (Å²) >= 11 is 9.67. The second-order valence-corrected chi connectivity index (χ2v) is 5.73. The van der Waals surface area contributed by atoms with Crippen LogP contribution in [0.4, 0.5) is 5.69 Å². The van der Waals surface area contributed by atoms with Crippen molar-refractivity contribution in [1.29, 1.82) is 0 Å². The van der Waals surface area contributed by atoms with Crippen molar-refractivity contribution in [3.05, 3.63) is 27.7 Å². The number of anilines is 1. The molecule has 17 heavy (non-hydrogen) atoms. The number of nitrogens with zero attached hydrogens (tertiary/aromatic N) is 1. The lowest BCUT2D eigenvalue weighted by molar-refractivity contribution is 0.431. The zero-order valence-corrected chi connectivity index (χ0v) is 12.4. The van der Waals surface area contributed by atoms with Crippen LogP contribution in [0.3, 0.4) is 0 Å². The molecule has 2 nitrogen and oxygen atoms in total. The number of benzene rings is 1. The van der Waals surface area contributed by atoms with Crippen LogP contribution in [-0.4, -0.2) is 25.7 Å². The van der Waals surface area contributed by atoms with Gasteiger partial charge in [0.1, 0.15) is 0 Å². The number of hydrogen-bond acceptors (Lipinski definition) is 2. The second-order valence-electron chi connectivity index (χ2n) is 4.44. The summed E-state index contributed by atoms with van der Waals surface area (Å²) in [6.45, 7) is 5.37. The standard InChI is InChI=1S/C13H18BrClN2/c1-2-16-11-4-3-7-17(9-11)13-8-10(15)5-6-12(13)14/h5-6,8,11,16H,2-4,7,9H2,1H3. The summed E-state index contributed by atoms with van der Waals surface area (Å²) in [4.78, 5) is 2.41. The molecule has 1 aliphatic heterocycles. The number of hydrogen-bond donors (Lipinski definition) is 1. The molecule has 1 aliphatic rings. The Morgan fingerprint density at radius 3 is 3.12 bits per heavy atom. The topological polar surface area (TPSA) is 15.3 Å². The van der Waals surface area contributed by atoms with Gasteiger partial charge in [0.05, 0.1) is 5.69 Å². The van der Waals surface area contributed by atoms with Gasteiger partial charge in [0, 0.05) is 28.6 Å². The molecule has 0 aromatic heterocycles. The Kier molecular flexibility index (Phi) is 4.71. The molecule has 0 saturated carbocycles. The summed E-state index contributed by atoms with van der Waals surface area (Å²) in [6.07, 6.45) is 2.50. The van der Waals surface area contributed by atoms with E-state index in [4.69, 9.17) is 11.6 Å². The van der Waals surface area contributed by atoms with Crippen LogP contribution in [0.1, 0.15) is 19.8 Å². The molecular formula is C13H18BrClN2. The van der Waals surface area contributed by atoms with Gasteiger partial charge in [0.25, 0.3) is 0 Å². The van der Waals surface area contributed by atoms with E-state index in [1.165, 1.54) is 18.5 Å². The van der Waals surface area contributed by atoms with Gasteiger partial charge in [-0.05, 0) is 53.5 Å². The minimum atomic E-state index is 0.597. The lowest BCUT2D eigenvalue weighted by atomic mass is 10.0. The third-order valence-electron chi connectivity index (χ3n) is 3.16. The van der Waals surface area contributed by atoms with Crippen molar-refractivity contribution in [2.45, 2.75) is 25.8 Å². The molecule has 1 saturated heterocycles. The highest BCUT2D eigenvalue weighted by atomic mass is 79.9. The van der Waals surface area contributed by atoms with Crippen LogP contribution in [0.5, 0.6) is 0 Å². The minimum Gasteiger partial charge on any atom is -0.369 e. The molecule has 1 heterocycles. The van der Waals surface area contributed by atoms with Crippen LogP contribution < -0.4 is 10.2 Å². The van der Waals surface area contributed by atoms with Crippen LogP contribution >= 0.6 is 27.5 Å². The van der Waals surface area contributed by atoms with Crippen LogP contribution in [-0.2, 0) is 0 Å². The Bertz CT molecular complexity index is 382. The zero-order valence-electron chi connectivity index (χ0n) is 10.0. The first kappa shape index (κ1) is 13.2. The van der Waals surface area contributed by atoms with Gasteiger partial charge >= 0.3 is 0 Å². The molecule has 0 radical (unpaired) electrons. The molecule has 0 bridgehead atoms. The Balaban J connectivity index is 2.13. The number of halogens is 2.